The molecule has 0 saturated carbocycles. The monoisotopic (exact) mass is 505 g/mol. The molecule has 4 bridgehead atoms. The van der Waals surface area contributed by atoms with Crippen LogP contribution >= 0.6 is 0 Å². The predicted octanol–water partition coefficient (Wildman–Crippen LogP) is 4.04. The number of ether oxygens (including phenoxy) is 1. The summed E-state index contributed by atoms with van der Waals surface area (Å²) < 4.78 is 20.1. The minimum Gasteiger partial charge on any atom is -0.457 e. The Balaban J connectivity index is 1.57. The van der Waals surface area contributed by atoms with E-state index in [4.69, 9.17) is 4.74 Å². The van der Waals surface area contributed by atoms with Gasteiger partial charge in [-0.1, -0.05) is 43.3 Å². The summed E-state index contributed by atoms with van der Waals surface area (Å²) in [7, 11) is 0. The molecular formula is C29H32FN3O4. The summed E-state index contributed by atoms with van der Waals surface area (Å²) in [6.07, 6.45) is 5.79. The number of hydrogen-bond donors (Lipinski definition) is 3. The van der Waals surface area contributed by atoms with Crippen LogP contribution in [0.1, 0.15) is 43.7 Å². The van der Waals surface area contributed by atoms with Crippen LogP contribution in [0.5, 0.6) is 11.5 Å². The zero-order chi connectivity index (χ0) is 26.2. The number of allylic oxidation sites excluding steroid dienone is 2. The van der Waals surface area contributed by atoms with E-state index in [-0.39, 0.29) is 31.1 Å². The molecule has 2 unspecified atom stereocenters. The lowest BCUT2D eigenvalue weighted by molar-refractivity contribution is -0.132. The quantitative estimate of drug-likeness (QED) is 0.585. The van der Waals surface area contributed by atoms with Crippen molar-refractivity contribution in [3.63, 3.8) is 0 Å². The maximum Gasteiger partial charge on any atom is 0.243 e. The topological polar surface area (TPSA) is 96.5 Å². The van der Waals surface area contributed by atoms with E-state index in [0.717, 1.165) is 11.1 Å². The summed E-state index contributed by atoms with van der Waals surface area (Å²) in [5.74, 6) is -0.0692. The third kappa shape index (κ3) is 7.29. The van der Waals surface area contributed by atoms with Crippen molar-refractivity contribution in [3.05, 3.63) is 83.2 Å². The summed E-state index contributed by atoms with van der Waals surface area (Å²) in [6, 6.07) is 13.2. The van der Waals surface area contributed by atoms with Gasteiger partial charge in [-0.2, -0.15) is 0 Å². The molecular weight excluding hydrogens is 473 g/mol. The molecule has 2 heterocycles. The highest BCUT2D eigenvalue weighted by atomic mass is 19.1. The minimum atomic E-state index is -0.910. The summed E-state index contributed by atoms with van der Waals surface area (Å²) in [4.78, 5) is 38.8. The molecule has 2 aromatic carbocycles. The second-order valence-corrected chi connectivity index (χ2v) is 9.28. The van der Waals surface area contributed by atoms with Crippen LogP contribution in [0.4, 0.5) is 4.39 Å². The number of fused-ring (bicyclic) bond motifs is 10. The lowest BCUT2D eigenvalue weighted by Crippen LogP contribution is -2.54. The standard InChI is InChI=1S/C29H32FN3O4/c1-2-25-29(36)33-26(28(35)31-18-21-7-3-4-9-24(21)30)17-20-10-13-22(14-11-20)37-23-8-5-6-19(16-23)12-15-27(34)32-25/h3,5-8,10-11,13-14,16,25-26H,2,4,9,12,15,17-18H2,1H3,(H,31,35)(H,32,34)(H,33,36). The van der Waals surface area contributed by atoms with Gasteiger partial charge >= 0.3 is 0 Å². The van der Waals surface area contributed by atoms with Crippen LogP contribution in [-0.2, 0) is 27.2 Å². The van der Waals surface area contributed by atoms with Crippen LogP contribution in [0, 0.1) is 0 Å². The number of nitrogens with one attached hydrogen (secondary N) is 3. The number of carbonyl (C=O) groups is 3. The molecule has 2 aromatic rings. The van der Waals surface area contributed by atoms with Crippen molar-refractivity contribution in [3.8, 4) is 11.5 Å². The van der Waals surface area contributed by atoms with Crippen LogP contribution in [0.2, 0.25) is 0 Å². The Morgan fingerprint density at radius 3 is 2.59 bits per heavy atom. The molecule has 0 saturated heterocycles. The highest BCUT2D eigenvalue weighted by Gasteiger charge is 2.26. The molecule has 194 valence electrons. The molecule has 1 aliphatic carbocycles. The first kappa shape index (κ1) is 26.1. The fourth-order valence-electron chi connectivity index (χ4n) is 4.34. The zero-order valence-electron chi connectivity index (χ0n) is 20.9. The number of hydrogen-bond acceptors (Lipinski definition) is 4. The summed E-state index contributed by atoms with van der Waals surface area (Å²) in [5.41, 5.74) is 2.19. The van der Waals surface area contributed by atoms with E-state index in [1.54, 1.807) is 13.0 Å². The number of halogens is 1. The van der Waals surface area contributed by atoms with Gasteiger partial charge in [-0.15, -0.1) is 0 Å². The van der Waals surface area contributed by atoms with Gasteiger partial charge in [0.05, 0.1) is 0 Å². The van der Waals surface area contributed by atoms with Gasteiger partial charge in [-0.05, 0) is 54.7 Å². The van der Waals surface area contributed by atoms with Crippen molar-refractivity contribution < 1.29 is 23.5 Å². The van der Waals surface area contributed by atoms with Crippen LogP contribution in [-0.4, -0.2) is 36.3 Å². The summed E-state index contributed by atoms with van der Waals surface area (Å²) >= 11 is 0. The van der Waals surface area contributed by atoms with Crippen LogP contribution in [0.15, 0.2) is 72.1 Å². The van der Waals surface area contributed by atoms with Gasteiger partial charge in [0.25, 0.3) is 0 Å². The van der Waals surface area contributed by atoms with Gasteiger partial charge in [0.2, 0.25) is 17.7 Å². The number of rotatable bonds is 4. The van der Waals surface area contributed by atoms with Gasteiger partial charge in [0, 0.05) is 31.4 Å². The van der Waals surface area contributed by atoms with E-state index in [1.807, 2.05) is 54.6 Å². The zero-order valence-corrected chi connectivity index (χ0v) is 20.9. The highest BCUT2D eigenvalue weighted by molar-refractivity contribution is 5.92. The van der Waals surface area contributed by atoms with Crippen molar-refractivity contribution in [2.24, 2.45) is 0 Å². The average molecular weight is 506 g/mol. The minimum absolute atomic E-state index is 0.0345. The number of aryl methyl sites for hydroxylation is 1. The van der Waals surface area contributed by atoms with E-state index in [1.165, 1.54) is 0 Å². The first-order chi connectivity index (χ1) is 17.9. The molecule has 5 rings (SSSR count). The van der Waals surface area contributed by atoms with Gasteiger partial charge in [-0.25, -0.2) is 4.39 Å². The van der Waals surface area contributed by atoms with Crippen LogP contribution < -0.4 is 20.7 Å². The second kappa shape index (κ2) is 12.3. The molecule has 3 aliphatic rings. The molecule has 3 N–H and O–H groups in total. The number of benzene rings is 2. The Morgan fingerprint density at radius 1 is 1.03 bits per heavy atom. The maximum absolute atomic E-state index is 14.1. The number of carbonyl (C=O) groups excluding carboxylic acids is 3. The Labute approximate surface area is 216 Å². The Bertz CT molecular complexity index is 1210. The van der Waals surface area contributed by atoms with Crippen molar-refractivity contribution >= 4 is 17.7 Å². The Hall–Kier alpha value is -3.94. The number of amides is 3. The van der Waals surface area contributed by atoms with Gasteiger partial charge < -0.3 is 20.7 Å². The smallest absolute Gasteiger partial charge is 0.243 e. The normalized spacial score (nSPS) is 20.5. The van der Waals surface area contributed by atoms with Crippen molar-refractivity contribution in [1.29, 1.82) is 0 Å². The van der Waals surface area contributed by atoms with Gasteiger partial charge in [0.15, 0.2) is 0 Å². The van der Waals surface area contributed by atoms with Gasteiger partial charge in [0.1, 0.15) is 29.4 Å². The van der Waals surface area contributed by atoms with E-state index in [0.29, 0.717) is 42.8 Å². The van der Waals surface area contributed by atoms with Crippen molar-refractivity contribution in [1.82, 2.24) is 16.0 Å². The lowest BCUT2D eigenvalue weighted by Gasteiger charge is -2.23. The van der Waals surface area contributed by atoms with E-state index in [9.17, 15) is 18.8 Å². The van der Waals surface area contributed by atoms with Crippen LogP contribution in [0.25, 0.3) is 0 Å². The van der Waals surface area contributed by atoms with E-state index >= 15 is 0 Å². The fraction of sp³-hybridized carbons (Fsp3) is 0.345. The third-order valence-corrected chi connectivity index (χ3v) is 6.48. The molecule has 0 fully saturated rings. The third-order valence-electron chi connectivity index (χ3n) is 6.48. The first-order valence-electron chi connectivity index (χ1n) is 12.7. The molecule has 7 nitrogen and oxygen atoms in total. The average Bonchev–Trinajstić information content (AvgIpc) is 2.90. The van der Waals surface area contributed by atoms with E-state index in [2.05, 4.69) is 16.0 Å². The molecule has 2 aliphatic heterocycles. The molecule has 0 spiro atoms. The Kier molecular flexibility index (Phi) is 8.72. The SMILES string of the molecule is CCC1NC(=O)CCc2cccc(c2)Oc2ccc(cc2)CC(C(=O)NCC2=C(F)CCC=C2)NC1=O. The first-order valence-corrected chi connectivity index (χ1v) is 12.7. The van der Waals surface area contributed by atoms with Gasteiger partial charge in [-0.3, -0.25) is 14.4 Å². The van der Waals surface area contributed by atoms with Crippen molar-refractivity contribution in [2.45, 2.75) is 57.5 Å². The van der Waals surface area contributed by atoms with Crippen molar-refractivity contribution in [2.75, 3.05) is 6.54 Å². The van der Waals surface area contributed by atoms with Crippen LogP contribution in [0.3, 0.4) is 0 Å². The molecule has 8 heteroatoms. The lowest BCUT2D eigenvalue weighted by atomic mass is 10.0. The second-order valence-electron chi connectivity index (χ2n) is 9.28. The predicted molar refractivity (Wildman–Crippen MR) is 139 cm³/mol. The maximum atomic E-state index is 14.1. The fourth-order valence-corrected chi connectivity index (χ4v) is 4.34. The largest absolute Gasteiger partial charge is 0.457 e. The molecule has 3 amide bonds. The molecule has 0 aromatic heterocycles. The Morgan fingerprint density at radius 2 is 1.84 bits per heavy atom. The van der Waals surface area contributed by atoms with E-state index < -0.39 is 23.9 Å². The molecule has 2 atom stereocenters. The molecule has 37 heavy (non-hydrogen) atoms. The summed E-state index contributed by atoms with van der Waals surface area (Å²) in [5, 5.41) is 8.34. The summed E-state index contributed by atoms with van der Waals surface area (Å²) in [6.45, 7) is 1.83. The molecule has 0 radical (unpaired) electrons. The highest BCUT2D eigenvalue weighted by Crippen LogP contribution is 2.24.